The molecule has 0 rings (SSSR count). The zero-order valence-corrected chi connectivity index (χ0v) is 12.7. The van der Waals surface area contributed by atoms with E-state index in [1.165, 1.54) is 50.9 Å². The van der Waals surface area contributed by atoms with Gasteiger partial charge in [-0.15, -0.1) is 0 Å². The van der Waals surface area contributed by atoms with Crippen molar-refractivity contribution < 1.29 is 9.90 Å². The van der Waals surface area contributed by atoms with Crippen LogP contribution in [-0.4, -0.2) is 51.6 Å². The first-order valence-corrected chi connectivity index (χ1v) is 7.69. The molecule has 0 amide bonds. The van der Waals surface area contributed by atoms with Crippen LogP contribution in [0, 0.1) is 0 Å². The van der Waals surface area contributed by atoms with Crippen molar-refractivity contribution in [3.8, 4) is 0 Å². The molecule has 0 fully saturated rings. The summed E-state index contributed by atoms with van der Waals surface area (Å²) >= 11 is 1.40. The van der Waals surface area contributed by atoms with E-state index in [-0.39, 0.29) is 0 Å². The molecule has 1 unspecified atom stereocenters. The van der Waals surface area contributed by atoms with Crippen molar-refractivity contribution >= 4 is 33.9 Å². The van der Waals surface area contributed by atoms with Crippen molar-refractivity contribution in [2.45, 2.75) is 55.2 Å². The zero-order valence-electron chi connectivity index (χ0n) is 10.7. The van der Waals surface area contributed by atoms with Gasteiger partial charge in [0, 0.05) is 0 Å². The molecule has 0 saturated heterocycles. The maximum Gasteiger partial charge on any atom is 0.320 e. The van der Waals surface area contributed by atoms with Gasteiger partial charge in [-0.05, 0) is 19.4 Å². The van der Waals surface area contributed by atoms with Gasteiger partial charge in [0.25, 0.3) is 0 Å². The second-order valence-corrected chi connectivity index (χ2v) is 4.94. The predicted molar refractivity (Wildman–Crippen MR) is 68.6 cm³/mol. The minimum absolute atomic E-state index is 0.520. The van der Waals surface area contributed by atoms with Crippen molar-refractivity contribution in [1.82, 2.24) is 0 Å². The first kappa shape index (κ1) is 18.7. The van der Waals surface area contributed by atoms with Gasteiger partial charge in [-0.2, -0.15) is 0 Å². The van der Waals surface area contributed by atoms with Gasteiger partial charge in [0.15, 0.2) is 0 Å². The summed E-state index contributed by atoms with van der Waals surface area (Å²) in [5, 5.41) is 8.33. The van der Waals surface area contributed by atoms with Crippen LogP contribution in [0.25, 0.3) is 0 Å². The second kappa shape index (κ2) is 15.4. The van der Waals surface area contributed by atoms with E-state index in [9.17, 15) is 4.79 Å². The third kappa shape index (κ3) is 16.8. The Bertz CT molecular complexity index is 153. The summed E-state index contributed by atoms with van der Waals surface area (Å²) in [7, 11) is 0. The van der Waals surface area contributed by atoms with Gasteiger partial charge in [-0.25, -0.2) is 0 Å². The molecule has 0 heterocycles. The number of aliphatic carboxylic acids is 1. The Labute approximate surface area is 117 Å². The first-order chi connectivity index (χ1) is 7.59. The van der Waals surface area contributed by atoms with E-state index in [0.717, 1.165) is 12.8 Å². The molecule has 0 radical (unpaired) electrons. The van der Waals surface area contributed by atoms with E-state index in [2.05, 4.69) is 6.92 Å². The zero-order chi connectivity index (χ0) is 12.8. The fourth-order valence-corrected chi connectivity index (χ4v) is 1.63. The summed E-state index contributed by atoms with van der Waals surface area (Å²) < 4.78 is 1.49. The molecule has 0 aliphatic carbocycles. The largest absolute Gasteiger partial charge is 0.480 e. The number of hydrogen-bond donors (Lipinski definition) is 3. The normalized spacial score (nSPS) is 11.6. The number of unbranched alkanes of at least 4 members (excludes halogenated alkanes) is 3. The van der Waals surface area contributed by atoms with Crippen LogP contribution in [0.15, 0.2) is 0 Å². The van der Waals surface area contributed by atoms with Crippen LogP contribution in [-0.2, 0) is 4.79 Å². The van der Waals surface area contributed by atoms with Crippen LogP contribution in [0.5, 0.6) is 0 Å². The van der Waals surface area contributed by atoms with Gasteiger partial charge in [-0.3, -0.25) is 4.79 Å². The quantitative estimate of drug-likeness (QED) is 0.440. The van der Waals surface area contributed by atoms with Crippen molar-refractivity contribution in [2.24, 2.45) is 11.5 Å². The van der Waals surface area contributed by atoms with Crippen LogP contribution in [0.1, 0.15) is 45.4 Å². The molecule has 0 bridgehead atoms. The van der Waals surface area contributed by atoms with Crippen LogP contribution in [0.4, 0.5) is 0 Å². The molecule has 16 heavy (non-hydrogen) atoms. The third-order valence-corrected chi connectivity index (χ3v) is 2.95. The summed E-state index contributed by atoms with van der Waals surface area (Å²) in [6, 6.07) is -0.716. The van der Waals surface area contributed by atoms with Crippen LogP contribution in [0.3, 0.4) is 0 Å². The van der Waals surface area contributed by atoms with Crippen molar-refractivity contribution in [3.05, 3.63) is 0 Å². The Kier molecular flexibility index (Phi) is 18.0. The molecule has 0 aromatic carbocycles. The van der Waals surface area contributed by atoms with Gasteiger partial charge in [0.2, 0.25) is 0 Å². The Morgan fingerprint density at radius 2 is 1.94 bits per heavy atom. The van der Waals surface area contributed by atoms with E-state index >= 15 is 0 Å². The SMILES string of the molecule is CCCC[CH2][Na].NCCCCC(N)C(=O)O. The van der Waals surface area contributed by atoms with Crippen molar-refractivity contribution in [1.29, 1.82) is 0 Å². The summed E-state index contributed by atoms with van der Waals surface area (Å²) in [5.41, 5.74) is 10.4. The average molecular weight is 240 g/mol. The molecule has 0 saturated carbocycles. The molecular weight excluding hydrogens is 215 g/mol. The Hall–Kier alpha value is 0.390. The molecule has 0 aromatic rings. The number of nitrogens with two attached hydrogens (primary N) is 2. The molecule has 1 atom stereocenters. The Morgan fingerprint density at radius 3 is 2.25 bits per heavy atom. The molecule has 0 aliphatic heterocycles. The van der Waals surface area contributed by atoms with Gasteiger partial charge in [0.05, 0.1) is 0 Å². The number of rotatable bonds is 8. The topological polar surface area (TPSA) is 89.3 Å². The maximum absolute atomic E-state index is 10.1. The fraction of sp³-hybridized carbons (Fsp3) is 0.909. The Morgan fingerprint density at radius 1 is 1.31 bits per heavy atom. The molecule has 5 N–H and O–H groups in total. The fourth-order valence-electron chi connectivity index (χ4n) is 1.13. The number of carboxylic acid groups (broad SMARTS) is 1. The molecule has 0 spiro atoms. The van der Waals surface area contributed by atoms with Crippen molar-refractivity contribution in [3.63, 3.8) is 0 Å². The summed E-state index contributed by atoms with van der Waals surface area (Å²) in [6.45, 7) is 2.85. The summed E-state index contributed by atoms with van der Waals surface area (Å²) in [5.74, 6) is -0.933. The van der Waals surface area contributed by atoms with E-state index < -0.39 is 12.0 Å². The van der Waals surface area contributed by atoms with Crippen LogP contribution < -0.4 is 11.5 Å². The van der Waals surface area contributed by atoms with E-state index in [1.807, 2.05) is 0 Å². The smallest absolute Gasteiger partial charge is 0.320 e. The maximum atomic E-state index is 10.1. The molecule has 0 aromatic heterocycles. The molecule has 4 nitrogen and oxygen atoms in total. The van der Waals surface area contributed by atoms with Gasteiger partial charge in [-0.1, -0.05) is 6.42 Å². The van der Waals surface area contributed by atoms with Crippen molar-refractivity contribution in [2.75, 3.05) is 6.54 Å². The molecule has 92 valence electrons. The predicted octanol–water partition coefficient (Wildman–Crippen LogP) is 1.29. The Balaban J connectivity index is 0. The standard InChI is InChI=1S/C6H14N2O2.C5H11.Na/c7-4-2-1-3-5(8)6(9)10;1-3-5-4-2;/h5H,1-4,7-8H2,(H,9,10);1,3-5H2,2H3;. The third-order valence-electron chi connectivity index (χ3n) is 2.24. The first-order valence-electron chi connectivity index (χ1n) is 6.28. The molecule has 5 heteroatoms. The molecular formula is C11H25N2NaO2. The van der Waals surface area contributed by atoms with Gasteiger partial charge >= 0.3 is 63.8 Å². The van der Waals surface area contributed by atoms with E-state index in [0.29, 0.717) is 13.0 Å². The monoisotopic (exact) mass is 240 g/mol. The average Bonchev–Trinajstić information content (AvgIpc) is 2.27. The van der Waals surface area contributed by atoms with Crippen LogP contribution in [0.2, 0.25) is 3.67 Å². The molecule has 0 aliphatic rings. The summed E-state index contributed by atoms with van der Waals surface area (Å²) in [4.78, 5) is 10.1. The second-order valence-electron chi connectivity index (χ2n) is 3.94. The summed E-state index contributed by atoms with van der Waals surface area (Å²) in [6.07, 6.45) is 6.46. The van der Waals surface area contributed by atoms with Gasteiger partial charge < -0.3 is 16.6 Å². The van der Waals surface area contributed by atoms with Crippen LogP contribution >= 0.6 is 0 Å². The van der Waals surface area contributed by atoms with Gasteiger partial charge in [0.1, 0.15) is 6.04 Å². The van der Waals surface area contributed by atoms with E-state index in [4.69, 9.17) is 16.6 Å². The van der Waals surface area contributed by atoms with E-state index in [1.54, 1.807) is 0 Å². The minimum atomic E-state index is -0.933. The number of carbonyl (C=O) groups is 1. The minimum Gasteiger partial charge on any atom is -0.480 e. The number of carboxylic acids is 1. The number of hydrogen-bond acceptors (Lipinski definition) is 3.